The van der Waals surface area contributed by atoms with E-state index in [2.05, 4.69) is 53.8 Å². The second-order valence-electron chi connectivity index (χ2n) is 9.16. The molecule has 3 nitrogen and oxygen atoms in total. The van der Waals surface area contributed by atoms with Crippen LogP contribution in [0.15, 0.2) is 35.9 Å². The summed E-state index contributed by atoms with van der Waals surface area (Å²) in [6.07, 6.45) is 2.52. The third-order valence-electron chi connectivity index (χ3n) is 5.79. The number of phenolic OH excluding ortho intramolecular Hbond substituents is 1. The van der Waals surface area contributed by atoms with Crippen molar-refractivity contribution in [3.05, 3.63) is 41.5 Å². The fourth-order valence-corrected chi connectivity index (χ4v) is 4.81. The van der Waals surface area contributed by atoms with E-state index in [0.717, 1.165) is 5.56 Å². The highest BCUT2D eigenvalue weighted by atomic mass is 28.4. The van der Waals surface area contributed by atoms with Crippen LogP contribution in [0, 0.1) is 5.92 Å². The first-order valence-corrected chi connectivity index (χ1v) is 12.1. The van der Waals surface area contributed by atoms with Crippen molar-refractivity contribution >= 4 is 8.32 Å². The van der Waals surface area contributed by atoms with Crippen molar-refractivity contribution in [2.75, 3.05) is 0 Å². The van der Waals surface area contributed by atoms with Gasteiger partial charge in [-0.1, -0.05) is 44.6 Å². The maximum Gasteiger partial charge on any atom is 0.192 e. The number of aliphatic hydroxyl groups excluding tert-OH is 1. The topological polar surface area (TPSA) is 49.7 Å². The van der Waals surface area contributed by atoms with E-state index in [-0.39, 0.29) is 28.7 Å². The number of phenols is 1. The Morgan fingerprint density at radius 2 is 1.72 bits per heavy atom. The molecule has 1 fully saturated rings. The van der Waals surface area contributed by atoms with E-state index in [9.17, 15) is 10.2 Å². The highest BCUT2D eigenvalue weighted by Crippen LogP contribution is 2.46. The summed E-state index contributed by atoms with van der Waals surface area (Å²) in [4.78, 5) is 0. The van der Waals surface area contributed by atoms with Crippen LogP contribution in [0.5, 0.6) is 5.75 Å². The summed E-state index contributed by atoms with van der Waals surface area (Å²) in [5.74, 6) is 0.410. The molecule has 0 heterocycles. The van der Waals surface area contributed by atoms with Crippen LogP contribution in [-0.2, 0) is 4.43 Å². The first-order valence-electron chi connectivity index (χ1n) is 9.22. The van der Waals surface area contributed by atoms with Crippen molar-refractivity contribution in [1.29, 1.82) is 0 Å². The smallest absolute Gasteiger partial charge is 0.192 e. The maximum absolute atomic E-state index is 10.8. The number of aromatic hydroxyl groups is 1. The Labute approximate surface area is 153 Å². The van der Waals surface area contributed by atoms with Crippen LogP contribution < -0.4 is 0 Å². The monoisotopic (exact) mass is 362 g/mol. The number of benzene rings is 1. The predicted molar refractivity (Wildman–Crippen MR) is 106 cm³/mol. The minimum absolute atomic E-state index is 0.00488. The van der Waals surface area contributed by atoms with Crippen LogP contribution in [-0.4, -0.2) is 30.7 Å². The van der Waals surface area contributed by atoms with Gasteiger partial charge in [0.25, 0.3) is 0 Å². The molecule has 25 heavy (non-hydrogen) atoms. The average molecular weight is 363 g/mol. The van der Waals surface area contributed by atoms with Crippen molar-refractivity contribution in [3.8, 4) is 5.75 Å². The van der Waals surface area contributed by atoms with E-state index in [1.807, 2.05) is 12.1 Å². The third kappa shape index (κ3) is 4.55. The molecule has 0 radical (unpaired) electrons. The molecule has 2 N–H and O–H groups in total. The molecule has 1 aromatic carbocycles. The normalized spacial score (nSPS) is 27.4. The Morgan fingerprint density at radius 1 is 1.16 bits per heavy atom. The Bertz CT molecular complexity index is 609. The lowest BCUT2D eigenvalue weighted by molar-refractivity contribution is 0.132. The Kier molecular flexibility index (Phi) is 5.87. The summed E-state index contributed by atoms with van der Waals surface area (Å²) in [5, 5.41) is 20.5. The van der Waals surface area contributed by atoms with Gasteiger partial charge in [-0.15, -0.1) is 0 Å². The fraction of sp³-hybridized carbons (Fsp3) is 0.619. The third-order valence-corrected chi connectivity index (χ3v) is 10.3. The van der Waals surface area contributed by atoms with Crippen molar-refractivity contribution in [1.82, 2.24) is 0 Å². The summed E-state index contributed by atoms with van der Waals surface area (Å²) >= 11 is 0. The molecule has 0 aliphatic heterocycles. The number of rotatable bonds is 4. The minimum atomic E-state index is -1.91. The highest BCUT2D eigenvalue weighted by molar-refractivity contribution is 6.74. The summed E-state index contributed by atoms with van der Waals surface area (Å²) in [7, 11) is -1.91. The minimum Gasteiger partial charge on any atom is -0.508 e. The van der Waals surface area contributed by atoms with Crippen molar-refractivity contribution < 1.29 is 14.6 Å². The van der Waals surface area contributed by atoms with Crippen LogP contribution in [0.3, 0.4) is 0 Å². The van der Waals surface area contributed by atoms with E-state index in [4.69, 9.17) is 4.43 Å². The standard InChI is InChI=1S/C21H34O3Si/c1-14(2)12-17-19(24-25(6,7)21(3,4)5)13-18(23)20(17)15-8-10-16(22)11-9-15/h8-12,17-20,22-23H,13H2,1-7H3. The first-order chi connectivity index (χ1) is 11.4. The van der Waals surface area contributed by atoms with E-state index >= 15 is 0 Å². The molecule has 0 bridgehead atoms. The molecule has 1 aliphatic carbocycles. The molecule has 1 saturated carbocycles. The Hall–Kier alpha value is -1.10. The summed E-state index contributed by atoms with van der Waals surface area (Å²) in [5.41, 5.74) is 2.31. The van der Waals surface area contributed by atoms with Gasteiger partial charge in [-0.25, -0.2) is 0 Å². The Balaban J connectivity index is 2.35. The zero-order chi connectivity index (χ0) is 19.0. The predicted octanol–water partition coefficient (Wildman–Crippen LogP) is 5.21. The van der Waals surface area contributed by atoms with Gasteiger partial charge < -0.3 is 14.6 Å². The van der Waals surface area contributed by atoms with Gasteiger partial charge in [-0.2, -0.15) is 0 Å². The summed E-state index contributed by atoms with van der Waals surface area (Å²) < 4.78 is 6.71. The molecule has 1 aliphatic rings. The van der Waals surface area contributed by atoms with Gasteiger partial charge in [0.05, 0.1) is 12.2 Å². The zero-order valence-electron chi connectivity index (χ0n) is 16.7. The van der Waals surface area contributed by atoms with Crippen LogP contribution in [0.25, 0.3) is 0 Å². The molecule has 0 aromatic heterocycles. The fourth-order valence-electron chi connectivity index (χ4n) is 3.45. The summed E-state index contributed by atoms with van der Waals surface area (Å²) in [6.45, 7) is 15.5. The van der Waals surface area contributed by atoms with Crippen LogP contribution in [0.4, 0.5) is 0 Å². The highest BCUT2D eigenvalue weighted by Gasteiger charge is 2.47. The molecular weight excluding hydrogens is 328 g/mol. The van der Waals surface area contributed by atoms with Crippen LogP contribution in [0.1, 0.15) is 52.5 Å². The molecule has 1 aromatic rings. The van der Waals surface area contributed by atoms with Crippen molar-refractivity contribution in [2.45, 2.75) is 77.3 Å². The second-order valence-corrected chi connectivity index (χ2v) is 13.9. The van der Waals surface area contributed by atoms with E-state index < -0.39 is 14.4 Å². The van der Waals surface area contributed by atoms with Crippen molar-refractivity contribution in [2.24, 2.45) is 5.92 Å². The average Bonchev–Trinajstić information content (AvgIpc) is 2.73. The molecule has 0 spiro atoms. The van der Waals surface area contributed by atoms with Gasteiger partial charge in [-0.05, 0) is 56.1 Å². The molecule has 4 atom stereocenters. The molecule has 140 valence electrons. The second kappa shape index (κ2) is 7.26. The lowest BCUT2D eigenvalue weighted by Crippen LogP contribution is -2.44. The van der Waals surface area contributed by atoms with Crippen molar-refractivity contribution in [3.63, 3.8) is 0 Å². The molecule has 4 unspecified atom stereocenters. The number of hydrogen-bond donors (Lipinski definition) is 2. The first kappa shape index (κ1) is 20.2. The lowest BCUT2D eigenvalue weighted by atomic mass is 9.86. The number of hydrogen-bond acceptors (Lipinski definition) is 3. The largest absolute Gasteiger partial charge is 0.508 e. The van der Waals surface area contributed by atoms with Gasteiger partial charge in [0.2, 0.25) is 0 Å². The lowest BCUT2D eigenvalue weighted by Gasteiger charge is -2.40. The van der Waals surface area contributed by atoms with Gasteiger partial charge in [-0.3, -0.25) is 0 Å². The maximum atomic E-state index is 10.8. The van der Waals surface area contributed by atoms with Gasteiger partial charge in [0.15, 0.2) is 8.32 Å². The molecule has 0 saturated heterocycles. The van der Waals surface area contributed by atoms with Gasteiger partial charge >= 0.3 is 0 Å². The van der Waals surface area contributed by atoms with E-state index in [1.165, 1.54) is 5.57 Å². The van der Waals surface area contributed by atoms with Gasteiger partial charge in [0, 0.05) is 11.8 Å². The summed E-state index contributed by atoms with van der Waals surface area (Å²) in [6, 6.07) is 7.24. The van der Waals surface area contributed by atoms with E-state index in [0.29, 0.717) is 6.42 Å². The SMILES string of the molecule is CC(C)=CC1C(O[Si](C)(C)C(C)(C)C)CC(O)C1c1ccc(O)cc1. The zero-order valence-corrected chi connectivity index (χ0v) is 17.7. The van der Waals surface area contributed by atoms with Crippen LogP contribution in [0.2, 0.25) is 18.1 Å². The Morgan fingerprint density at radius 3 is 2.20 bits per heavy atom. The number of aliphatic hydroxyl groups is 1. The molecule has 0 amide bonds. The van der Waals surface area contributed by atoms with Crippen LogP contribution >= 0.6 is 0 Å². The molecule has 2 rings (SSSR count). The van der Waals surface area contributed by atoms with Gasteiger partial charge in [0.1, 0.15) is 5.75 Å². The molecule has 4 heteroatoms. The number of allylic oxidation sites excluding steroid dienone is 1. The molecular formula is C21H34O3Si. The quantitative estimate of drug-likeness (QED) is 0.571. The van der Waals surface area contributed by atoms with E-state index in [1.54, 1.807) is 12.1 Å².